The minimum Gasteiger partial charge on any atom is -0.396 e. The van der Waals surface area contributed by atoms with Gasteiger partial charge in [-0.3, -0.25) is 4.79 Å². The van der Waals surface area contributed by atoms with Crippen LogP contribution in [0, 0.1) is 10.8 Å². The average molecular weight is 296 g/mol. The van der Waals surface area contributed by atoms with Gasteiger partial charge in [0.15, 0.2) is 0 Å². The molecule has 4 nitrogen and oxygen atoms in total. The minimum absolute atomic E-state index is 0.0613. The van der Waals surface area contributed by atoms with Crippen LogP contribution in [0.2, 0.25) is 0 Å². The van der Waals surface area contributed by atoms with E-state index in [1.165, 1.54) is 19.3 Å². The van der Waals surface area contributed by atoms with Gasteiger partial charge in [0.05, 0.1) is 12.0 Å². The molecule has 1 aliphatic carbocycles. The minimum atomic E-state index is -0.175. The van der Waals surface area contributed by atoms with Crippen molar-refractivity contribution in [1.29, 1.82) is 0 Å². The molecule has 3 N–H and O–H groups in total. The SMILES string of the molecule is CCCC1(C(=O)NCC2(CO)CCCCC2)CCNCC1. The third kappa shape index (κ3) is 3.98. The smallest absolute Gasteiger partial charge is 0.226 e. The van der Waals surface area contributed by atoms with Crippen molar-refractivity contribution in [1.82, 2.24) is 10.6 Å². The van der Waals surface area contributed by atoms with Gasteiger partial charge in [-0.25, -0.2) is 0 Å². The summed E-state index contributed by atoms with van der Waals surface area (Å²) in [6.07, 6.45) is 9.64. The van der Waals surface area contributed by atoms with Gasteiger partial charge in [0.25, 0.3) is 0 Å². The van der Waals surface area contributed by atoms with E-state index in [1.54, 1.807) is 0 Å². The first kappa shape index (κ1) is 16.8. The molecule has 1 saturated heterocycles. The number of carbonyl (C=O) groups is 1. The summed E-state index contributed by atoms with van der Waals surface area (Å²) in [7, 11) is 0. The summed E-state index contributed by atoms with van der Waals surface area (Å²) in [5, 5.41) is 16.3. The second-order valence-electron chi connectivity index (χ2n) is 7.18. The third-order valence-corrected chi connectivity index (χ3v) is 5.64. The van der Waals surface area contributed by atoms with E-state index in [-0.39, 0.29) is 23.3 Å². The highest BCUT2D eigenvalue weighted by Crippen LogP contribution is 2.37. The van der Waals surface area contributed by atoms with E-state index >= 15 is 0 Å². The first-order valence-corrected chi connectivity index (χ1v) is 8.76. The fourth-order valence-electron chi connectivity index (χ4n) is 4.12. The molecule has 0 unspecified atom stereocenters. The number of hydrogen-bond acceptors (Lipinski definition) is 3. The topological polar surface area (TPSA) is 61.4 Å². The highest BCUT2D eigenvalue weighted by molar-refractivity contribution is 5.82. The summed E-state index contributed by atoms with van der Waals surface area (Å²) in [5.74, 6) is 0.226. The van der Waals surface area contributed by atoms with Gasteiger partial charge in [-0.1, -0.05) is 32.6 Å². The zero-order valence-corrected chi connectivity index (χ0v) is 13.5. The molecule has 0 aromatic rings. The fourth-order valence-corrected chi connectivity index (χ4v) is 4.12. The van der Waals surface area contributed by atoms with Crippen molar-refractivity contribution in [3.63, 3.8) is 0 Å². The van der Waals surface area contributed by atoms with Gasteiger partial charge in [0, 0.05) is 12.0 Å². The maximum absolute atomic E-state index is 12.8. The monoisotopic (exact) mass is 296 g/mol. The van der Waals surface area contributed by atoms with Crippen molar-refractivity contribution in [2.24, 2.45) is 10.8 Å². The van der Waals surface area contributed by atoms with Gasteiger partial charge in [-0.15, -0.1) is 0 Å². The standard InChI is InChI=1S/C17H32N2O2/c1-2-6-17(9-11-18-12-10-17)15(21)19-13-16(14-20)7-4-3-5-8-16/h18,20H,2-14H2,1H3,(H,19,21). The Labute approximate surface area is 129 Å². The maximum Gasteiger partial charge on any atom is 0.226 e. The molecule has 0 bridgehead atoms. The van der Waals surface area contributed by atoms with Crippen LogP contribution in [-0.4, -0.2) is 37.3 Å². The zero-order valence-electron chi connectivity index (χ0n) is 13.5. The Morgan fingerprint density at radius 2 is 1.81 bits per heavy atom. The largest absolute Gasteiger partial charge is 0.396 e. The molecule has 2 rings (SSSR count). The number of nitrogens with one attached hydrogen (secondary N) is 2. The molecule has 0 aromatic heterocycles. The van der Waals surface area contributed by atoms with Crippen LogP contribution in [0.15, 0.2) is 0 Å². The van der Waals surface area contributed by atoms with Gasteiger partial charge in [-0.2, -0.15) is 0 Å². The summed E-state index contributed by atoms with van der Waals surface area (Å²) >= 11 is 0. The highest BCUT2D eigenvalue weighted by atomic mass is 16.3. The fraction of sp³-hybridized carbons (Fsp3) is 0.941. The Morgan fingerprint density at radius 1 is 1.14 bits per heavy atom. The van der Waals surface area contributed by atoms with E-state index in [1.807, 2.05) is 0 Å². The van der Waals surface area contributed by atoms with E-state index in [4.69, 9.17) is 0 Å². The summed E-state index contributed by atoms with van der Waals surface area (Å²) in [6, 6.07) is 0. The van der Waals surface area contributed by atoms with E-state index < -0.39 is 0 Å². The molecule has 0 aromatic carbocycles. The van der Waals surface area contributed by atoms with Crippen LogP contribution in [0.25, 0.3) is 0 Å². The number of hydrogen-bond donors (Lipinski definition) is 3. The molecule has 0 spiro atoms. The van der Waals surface area contributed by atoms with E-state index in [0.29, 0.717) is 6.54 Å². The predicted octanol–water partition coefficient (Wildman–Crippen LogP) is 2.22. The molecule has 2 aliphatic rings. The Balaban J connectivity index is 1.94. The van der Waals surface area contributed by atoms with Crippen LogP contribution in [0.4, 0.5) is 0 Å². The molecule has 1 heterocycles. The molecule has 1 amide bonds. The molecule has 122 valence electrons. The zero-order chi connectivity index (χ0) is 15.2. The van der Waals surface area contributed by atoms with Crippen LogP contribution in [-0.2, 0) is 4.79 Å². The van der Waals surface area contributed by atoms with Gasteiger partial charge in [0.2, 0.25) is 5.91 Å². The Hall–Kier alpha value is -0.610. The van der Waals surface area contributed by atoms with Crippen molar-refractivity contribution < 1.29 is 9.90 Å². The third-order valence-electron chi connectivity index (χ3n) is 5.64. The van der Waals surface area contributed by atoms with Crippen molar-refractivity contribution in [2.75, 3.05) is 26.2 Å². The lowest BCUT2D eigenvalue weighted by Gasteiger charge is -2.39. The number of amides is 1. The molecule has 2 fully saturated rings. The number of carbonyl (C=O) groups excluding carboxylic acids is 1. The van der Waals surface area contributed by atoms with Crippen molar-refractivity contribution in [3.8, 4) is 0 Å². The van der Waals surface area contributed by atoms with Gasteiger partial charge in [0.1, 0.15) is 0 Å². The summed E-state index contributed by atoms with van der Waals surface area (Å²) in [4.78, 5) is 12.8. The van der Waals surface area contributed by atoms with E-state index in [0.717, 1.165) is 51.6 Å². The van der Waals surface area contributed by atoms with Crippen LogP contribution < -0.4 is 10.6 Å². The van der Waals surface area contributed by atoms with E-state index in [9.17, 15) is 9.90 Å². The Bertz CT molecular complexity index is 326. The normalized spacial score (nSPS) is 24.5. The molecule has 0 radical (unpaired) electrons. The van der Waals surface area contributed by atoms with Crippen LogP contribution >= 0.6 is 0 Å². The first-order chi connectivity index (χ1) is 10.2. The van der Waals surface area contributed by atoms with Gasteiger partial charge < -0.3 is 15.7 Å². The quantitative estimate of drug-likeness (QED) is 0.704. The first-order valence-electron chi connectivity index (χ1n) is 8.76. The van der Waals surface area contributed by atoms with Crippen molar-refractivity contribution in [2.45, 2.75) is 64.7 Å². The Kier molecular flexibility index (Phi) is 6.06. The van der Waals surface area contributed by atoms with Gasteiger partial charge >= 0.3 is 0 Å². The van der Waals surface area contributed by atoms with E-state index in [2.05, 4.69) is 17.6 Å². The number of piperidine rings is 1. The molecular weight excluding hydrogens is 264 g/mol. The molecule has 4 heteroatoms. The van der Waals surface area contributed by atoms with Crippen molar-refractivity contribution in [3.05, 3.63) is 0 Å². The number of rotatable bonds is 6. The molecule has 0 atom stereocenters. The summed E-state index contributed by atoms with van der Waals surface area (Å²) < 4.78 is 0. The molecule has 21 heavy (non-hydrogen) atoms. The summed E-state index contributed by atoms with van der Waals surface area (Å²) in [6.45, 7) is 4.90. The van der Waals surface area contributed by atoms with Crippen molar-refractivity contribution >= 4 is 5.91 Å². The van der Waals surface area contributed by atoms with Crippen LogP contribution in [0.5, 0.6) is 0 Å². The maximum atomic E-state index is 12.8. The molecular formula is C17H32N2O2. The van der Waals surface area contributed by atoms with Gasteiger partial charge in [-0.05, 0) is 45.2 Å². The lowest BCUT2D eigenvalue weighted by atomic mass is 9.72. The lowest BCUT2D eigenvalue weighted by molar-refractivity contribution is -0.134. The predicted molar refractivity (Wildman–Crippen MR) is 85.1 cm³/mol. The summed E-state index contributed by atoms with van der Waals surface area (Å²) in [5.41, 5.74) is -0.237. The van der Waals surface area contributed by atoms with Crippen LogP contribution in [0.3, 0.4) is 0 Å². The molecule has 1 aliphatic heterocycles. The second-order valence-corrected chi connectivity index (χ2v) is 7.18. The second kappa shape index (κ2) is 7.59. The van der Waals surface area contributed by atoms with Crippen LogP contribution in [0.1, 0.15) is 64.7 Å². The number of aliphatic hydroxyl groups excluding tert-OH is 1. The molecule has 1 saturated carbocycles. The highest BCUT2D eigenvalue weighted by Gasteiger charge is 2.40. The Morgan fingerprint density at radius 3 is 2.38 bits per heavy atom. The average Bonchev–Trinajstić information content (AvgIpc) is 2.54. The number of aliphatic hydroxyl groups is 1. The lowest BCUT2D eigenvalue weighted by Crippen LogP contribution is -2.50.